The minimum Gasteiger partial charge on any atom is -0.479 e. The number of aryl methyl sites for hydroxylation is 2. The van der Waals surface area contributed by atoms with Gasteiger partial charge < -0.3 is 13.9 Å². The molecule has 0 aliphatic rings. The Labute approximate surface area is 128 Å². The number of carbonyl (C=O) groups is 1. The topological polar surface area (TPSA) is 65.7 Å². The first-order valence-electron chi connectivity index (χ1n) is 7.28. The highest BCUT2D eigenvalue weighted by molar-refractivity contribution is 5.85. The number of hydrogen-bond acceptors (Lipinski definition) is 5. The Morgan fingerprint density at radius 3 is 2.73 bits per heavy atom. The quantitative estimate of drug-likeness (QED) is 0.627. The molecule has 5 heteroatoms. The number of hydrogen-bond donors (Lipinski definition) is 0. The van der Waals surface area contributed by atoms with E-state index in [0.29, 0.717) is 16.9 Å². The van der Waals surface area contributed by atoms with Crippen LogP contribution in [0, 0.1) is 6.92 Å². The second-order valence-electron chi connectivity index (χ2n) is 5.19. The summed E-state index contributed by atoms with van der Waals surface area (Å²) >= 11 is 0. The van der Waals surface area contributed by atoms with Crippen molar-refractivity contribution in [2.45, 2.75) is 39.7 Å². The van der Waals surface area contributed by atoms with Crippen LogP contribution < -0.4 is 10.4 Å². The van der Waals surface area contributed by atoms with Crippen LogP contribution in [0.5, 0.6) is 5.75 Å². The second kappa shape index (κ2) is 6.64. The van der Waals surface area contributed by atoms with E-state index in [1.54, 1.807) is 19.9 Å². The Morgan fingerprint density at radius 2 is 2.09 bits per heavy atom. The molecule has 0 saturated carbocycles. The summed E-state index contributed by atoms with van der Waals surface area (Å²) in [5, 5.41) is 0.900. The summed E-state index contributed by atoms with van der Waals surface area (Å²) in [4.78, 5) is 23.2. The predicted octanol–water partition coefficient (Wildman–Crippen LogP) is 2.99. The van der Waals surface area contributed by atoms with Gasteiger partial charge in [-0.2, -0.15) is 0 Å². The van der Waals surface area contributed by atoms with E-state index >= 15 is 0 Å². The Bertz CT molecular complexity index is 745. The highest BCUT2D eigenvalue weighted by Gasteiger charge is 2.18. The number of ether oxygens (including phenoxy) is 2. The number of benzene rings is 1. The summed E-state index contributed by atoms with van der Waals surface area (Å²) in [6, 6.07) is 5.18. The van der Waals surface area contributed by atoms with Crippen molar-refractivity contribution in [2.75, 3.05) is 7.11 Å². The number of carbonyl (C=O) groups excluding carboxylic acids is 1. The molecule has 1 atom stereocenters. The molecule has 0 amide bonds. The fraction of sp³-hybridized carbons (Fsp3) is 0.412. The Hall–Kier alpha value is -2.30. The molecule has 22 heavy (non-hydrogen) atoms. The van der Waals surface area contributed by atoms with Gasteiger partial charge in [-0.05, 0) is 38.0 Å². The Morgan fingerprint density at radius 1 is 1.36 bits per heavy atom. The second-order valence-corrected chi connectivity index (χ2v) is 5.19. The third-order valence-corrected chi connectivity index (χ3v) is 3.55. The average molecular weight is 304 g/mol. The molecule has 0 aliphatic heterocycles. The maximum absolute atomic E-state index is 11.7. The number of methoxy groups -OCH3 is 1. The summed E-state index contributed by atoms with van der Waals surface area (Å²) in [6.45, 7) is 5.47. The lowest BCUT2D eigenvalue weighted by Crippen LogP contribution is -2.25. The zero-order valence-electron chi connectivity index (χ0n) is 13.3. The molecular formula is C17H20O5. The van der Waals surface area contributed by atoms with Gasteiger partial charge in [-0.25, -0.2) is 9.59 Å². The van der Waals surface area contributed by atoms with Crippen molar-refractivity contribution in [1.82, 2.24) is 0 Å². The van der Waals surface area contributed by atoms with Gasteiger partial charge >= 0.3 is 11.6 Å². The van der Waals surface area contributed by atoms with E-state index in [2.05, 4.69) is 11.7 Å². The van der Waals surface area contributed by atoms with Gasteiger partial charge in [-0.15, -0.1) is 0 Å². The molecule has 1 heterocycles. The standard InChI is InChI=1S/C17H20O5/c1-5-6-12-9-15(18)22-16-10(2)14(8-7-13(12)16)21-11(3)17(19)20-4/h7-9,11H,5-6H2,1-4H3. The van der Waals surface area contributed by atoms with Crippen molar-refractivity contribution in [3.8, 4) is 5.75 Å². The lowest BCUT2D eigenvalue weighted by atomic mass is 10.0. The maximum Gasteiger partial charge on any atom is 0.346 e. The van der Waals surface area contributed by atoms with Crippen LogP contribution in [0.15, 0.2) is 27.4 Å². The first kappa shape index (κ1) is 16.1. The van der Waals surface area contributed by atoms with Gasteiger partial charge in [0.15, 0.2) is 6.10 Å². The predicted molar refractivity (Wildman–Crippen MR) is 83.3 cm³/mol. The van der Waals surface area contributed by atoms with Crippen LogP contribution in [0.25, 0.3) is 11.0 Å². The molecule has 0 fully saturated rings. The van der Waals surface area contributed by atoms with E-state index in [9.17, 15) is 9.59 Å². The van der Waals surface area contributed by atoms with E-state index < -0.39 is 12.1 Å². The molecule has 1 aromatic carbocycles. The summed E-state index contributed by atoms with van der Waals surface area (Å²) < 4.78 is 15.6. The minimum atomic E-state index is -0.730. The van der Waals surface area contributed by atoms with Crippen molar-refractivity contribution in [3.63, 3.8) is 0 Å². The molecule has 118 valence electrons. The van der Waals surface area contributed by atoms with E-state index in [4.69, 9.17) is 9.15 Å². The van der Waals surface area contributed by atoms with E-state index in [0.717, 1.165) is 23.8 Å². The fourth-order valence-electron chi connectivity index (χ4n) is 2.42. The molecule has 0 radical (unpaired) electrons. The van der Waals surface area contributed by atoms with Gasteiger partial charge in [0.05, 0.1) is 7.11 Å². The van der Waals surface area contributed by atoms with Gasteiger partial charge in [-0.1, -0.05) is 13.3 Å². The summed E-state index contributed by atoms with van der Waals surface area (Å²) in [7, 11) is 1.31. The van der Waals surface area contributed by atoms with Crippen LogP contribution in [0.3, 0.4) is 0 Å². The van der Waals surface area contributed by atoms with Gasteiger partial charge in [0.1, 0.15) is 11.3 Å². The highest BCUT2D eigenvalue weighted by Crippen LogP contribution is 2.29. The van der Waals surface area contributed by atoms with Gasteiger partial charge in [0, 0.05) is 17.0 Å². The third-order valence-electron chi connectivity index (χ3n) is 3.55. The monoisotopic (exact) mass is 304 g/mol. The van der Waals surface area contributed by atoms with Gasteiger partial charge in [-0.3, -0.25) is 0 Å². The molecule has 0 saturated heterocycles. The van der Waals surface area contributed by atoms with Crippen LogP contribution in [-0.2, 0) is 16.0 Å². The molecule has 2 rings (SSSR count). The summed E-state index contributed by atoms with van der Waals surface area (Å²) in [5.74, 6) is 0.0443. The van der Waals surface area contributed by atoms with Gasteiger partial charge in [0.25, 0.3) is 0 Å². The van der Waals surface area contributed by atoms with E-state index in [1.807, 2.05) is 6.07 Å². The largest absolute Gasteiger partial charge is 0.479 e. The van der Waals surface area contributed by atoms with Crippen molar-refractivity contribution < 1.29 is 18.7 Å². The first-order chi connectivity index (χ1) is 10.5. The average Bonchev–Trinajstić information content (AvgIpc) is 2.49. The third kappa shape index (κ3) is 3.13. The zero-order valence-corrected chi connectivity index (χ0v) is 13.3. The molecule has 2 aromatic rings. The molecule has 0 bridgehead atoms. The number of esters is 1. The molecule has 0 N–H and O–H groups in total. The first-order valence-corrected chi connectivity index (χ1v) is 7.28. The van der Waals surface area contributed by atoms with Crippen molar-refractivity contribution in [3.05, 3.63) is 39.7 Å². The van der Waals surface area contributed by atoms with Crippen molar-refractivity contribution in [2.24, 2.45) is 0 Å². The SMILES string of the molecule is CCCc1cc(=O)oc2c(C)c(OC(C)C(=O)OC)ccc12. The molecule has 0 aliphatic carbocycles. The maximum atomic E-state index is 11.7. The normalized spacial score (nSPS) is 12.2. The van der Waals surface area contributed by atoms with Crippen molar-refractivity contribution >= 4 is 16.9 Å². The molecule has 1 unspecified atom stereocenters. The fourth-order valence-corrected chi connectivity index (χ4v) is 2.42. The Balaban J connectivity index is 2.50. The van der Waals surface area contributed by atoms with Crippen LogP contribution in [0.4, 0.5) is 0 Å². The smallest absolute Gasteiger partial charge is 0.346 e. The molecule has 0 spiro atoms. The minimum absolute atomic E-state index is 0.378. The Kier molecular flexibility index (Phi) is 4.85. The van der Waals surface area contributed by atoms with Crippen LogP contribution >= 0.6 is 0 Å². The van der Waals surface area contributed by atoms with E-state index in [-0.39, 0.29) is 5.63 Å². The molecular weight excluding hydrogens is 284 g/mol. The molecule has 1 aromatic heterocycles. The summed E-state index contributed by atoms with van der Waals surface area (Å²) in [6.07, 6.45) is 1.02. The lowest BCUT2D eigenvalue weighted by Gasteiger charge is -2.15. The van der Waals surface area contributed by atoms with E-state index in [1.165, 1.54) is 13.2 Å². The number of rotatable bonds is 5. The number of fused-ring (bicyclic) bond motifs is 1. The van der Waals surface area contributed by atoms with Crippen LogP contribution in [0.1, 0.15) is 31.4 Å². The highest BCUT2D eigenvalue weighted by atomic mass is 16.6. The molecule has 5 nitrogen and oxygen atoms in total. The van der Waals surface area contributed by atoms with Crippen LogP contribution in [-0.4, -0.2) is 19.2 Å². The van der Waals surface area contributed by atoms with Crippen molar-refractivity contribution in [1.29, 1.82) is 0 Å². The van der Waals surface area contributed by atoms with Crippen LogP contribution in [0.2, 0.25) is 0 Å². The lowest BCUT2D eigenvalue weighted by molar-refractivity contribution is -0.147. The summed E-state index contributed by atoms with van der Waals surface area (Å²) in [5.41, 5.74) is 1.79. The van der Waals surface area contributed by atoms with Gasteiger partial charge in [0.2, 0.25) is 0 Å². The zero-order chi connectivity index (χ0) is 16.3.